The average molecular weight is 364 g/mol. The highest BCUT2D eigenvalue weighted by molar-refractivity contribution is 4.49. The van der Waals surface area contributed by atoms with Gasteiger partial charge in [0.2, 0.25) is 0 Å². The SMILES string of the molecule is CCCCCCCCC[N+](C)(CCO)CCCCCCCCC.[Cl-]. The Balaban J connectivity index is 0. The van der Waals surface area contributed by atoms with Gasteiger partial charge in [-0.05, 0) is 25.7 Å². The van der Waals surface area contributed by atoms with Gasteiger partial charge < -0.3 is 22.0 Å². The minimum absolute atomic E-state index is 0. The van der Waals surface area contributed by atoms with Crippen LogP contribution in [0.5, 0.6) is 0 Å². The van der Waals surface area contributed by atoms with Crippen LogP contribution in [-0.2, 0) is 0 Å². The molecule has 1 N–H and O–H groups in total. The van der Waals surface area contributed by atoms with Gasteiger partial charge in [0.05, 0.1) is 26.7 Å². The van der Waals surface area contributed by atoms with E-state index in [1.165, 1.54) is 103 Å². The summed E-state index contributed by atoms with van der Waals surface area (Å²) >= 11 is 0. The molecule has 0 amide bonds. The number of nitrogens with zero attached hydrogens (tertiary/aromatic N) is 1. The van der Waals surface area contributed by atoms with Gasteiger partial charge in [-0.3, -0.25) is 0 Å². The van der Waals surface area contributed by atoms with E-state index in [-0.39, 0.29) is 12.4 Å². The first-order chi connectivity index (χ1) is 11.2. The Kier molecular flexibility index (Phi) is 21.5. The van der Waals surface area contributed by atoms with Crippen molar-refractivity contribution in [1.82, 2.24) is 0 Å². The van der Waals surface area contributed by atoms with Crippen molar-refractivity contribution in [3.05, 3.63) is 0 Å². The van der Waals surface area contributed by atoms with Crippen LogP contribution in [0, 0.1) is 0 Å². The zero-order chi connectivity index (χ0) is 17.2. The first-order valence-electron chi connectivity index (χ1n) is 10.6. The smallest absolute Gasteiger partial charge is 0.102 e. The van der Waals surface area contributed by atoms with Crippen LogP contribution in [0.4, 0.5) is 0 Å². The molecule has 0 aromatic rings. The molecule has 0 saturated heterocycles. The Labute approximate surface area is 159 Å². The van der Waals surface area contributed by atoms with Crippen LogP contribution in [-0.4, -0.2) is 42.9 Å². The van der Waals surface area contributed by atoms with Crippen LogP contribution in [0.2, 0.25) is 0 Å². The third-order valence-electron chi connectivity index (χ3n) is 5.24. The molecule has 0 spiro atoms. The lowest BCUT2D eigenvalue weighted by molar-refractivity contribution is -0.910. The molecule has 0 bridgehead atoms. The van der Waals surface area contributed by atoms with Crippen LogP contribution >= 0.6 is 0 Å². The van der Waals surface area contributed by atoms with E-state index in [1.807, 2.05) is 0 Å². The zero-order valence-electron chi connectivity index (χ0n) is 17.0. The minimum atomic E-state index is 0. The monoisotopic (exact) mass is 363 g/mol. The minimum Gasteiger partial charge on any atom is -1.00 e. The van der Waals surface area contributed by atoms with Gasteiger partial charge in [0.15, 0.2) is 0 Å². The lowest BCUT2D eigenvalue weighted by Gasteiger charge is -2.34. The maximum absolute atomic E-state index is 9.39. The highest BCUT2D eigenvalue weighted by Crippen LogP contribution is 2.14. The summed E-state index contributed by atoms with van der Waals surface area (Å²) in [5.74, 6) is 0. The Morgan fingerprint density at radius 3 is 1.21 bits per heavy atom. The number of aliphatic hydroxyl groups excluding tert-OH is 1. The summed E-state index contributed by atoms with van der Waals surface area (Å²) in [5, 5.41) is 9.39. The molecule has 0 saturated carbocycles. The first kappa shape index (κ1) is 26.4. The Morgan fingerprint density at radius 2 is 0.875 bits per heavy atom. The molecule has 0 aromatic carbocycles. The van der Waals surface area contributed by atoms with Crippen LogP contribution in [0.3, 0.4) is 0 Å². The van der Waals surface area contributed by atoms with Crippen molar-refractivity contribution in [2.24, 2.45) is 0 Å². The molecule has 24 heavy (non-hydrogen) atoms. The largest absolute Gasteiger partial charge is 1.00 e. The summed E-state index contributed by atoms with van der Waals surface area (Å²) in [6.45, 7) is 8.34. The van der Waals surface area contributed by atoms with Gasteiger partial charge in [0.1, 0.15) is 6.54 Å². The highest BCUT2D eigenvalue weighted by atomic mass is 35.5. The number of hydrogen-bond acceptors (Lipinski definition) is 1. The van der Waals surface area contributed by atoms with E-state index >= 15 is 0 Å². The third kappa shape index (κ3) is 17.0. The molecule has 0 heterocycles. The summed E-state index contributed by atoms with van der Waals surface area (Å²) in [5.41, 5.74) is 0. The molecule has 0 aromatic heterocycles. The number of unbranched alkanes of at least 4 members (excludes halogenated alkanes) is 12. The van der Waals surface area contributed by atoms with Crippen molar-refractivity contribution in [2.45, 2.75) is 104 Å². The molecule has 0 fully saturated rings. The van der Waals surface area contributed by atoms with Gasteiger partial charge in [-0.1, -0.05) is 78.1 Å². The summed E-state index contributed by atoms with van der Waals surface area (Å²) in [6, 6.07) is 0. The van der Waals surface area contributed by atoms with E-state index in [9.17, 15) is 5.11 Å². The molecule has 3 heteroatoms. The van der Waals surface area contributed by atoms with Crippen molar-refractivity contribution < 1.29 is 22.0 Å². The highest BCUT2D eigenvalue weighted by Gasteiger charge is 2.19. The Morgan fingerprint density at radius 1 is 0.542 bits per heavy atom. The average Bonchev–Trinajstić information content (AvgIpc) is 2.53. The molecule has 0 aliphatic heterocycles. The van der Waals surface area contributed by atoms with Crippen molar-refractivity contribution in [3.63, 3.8) is 0 Å². The molecule has 0 unspecified atom stereocenters. The van der Waals surface area contributed by atoms with Crippen LogP contribution < -0.4 is 12.4 Å². The van der Waals surface area contributed by atoms with Gasteiger partial charge in [-0.2, -0.15) is 0 Å². The molecule has 0 atom stereocenters. The predicted octanol–water partition coefficient (Wildman–Crippen LogP) is 2.93. The number of hydrogen-bond donors (Lipinski definition) is 1. The van der Waals surface area contributed by atoms with Crippen molar-refractivity contribution >= 4 is 0 Å². The normalized spacial score (nSPS) is 11.5. The molecular formula is C21H46ClNO. The fourth-order valence-electron chi connectivity index (χ4n) is 3.48. The Hall–Kier alpha value is 0.210. The molecule has 0 radical (unpaired) electrons. The standard InChI is InChI=1S/C21H46NO.ClH/c1-4-6-8-10-12-14-16-18-22(3,20-21-23)19-17-15-13-11-9-7-5-2;/h23H,4-21H2,1-3H3;1H/q+1;/p-1. The second-order valence-electron chi connectivity index (χ2n) is 7.76. The quantitative estimate of drug-likeness (QED) is 0.293. The lowest BCUT2D eigenvalue weighted by atomic mass is 10.1. The van der Waals surface area contributed by atoms with Gasteiger partial charge in [-0.15, -0.1) is 0 Å². The fourth-order valence-corrected chi connectivity index (χ4v) is 3.48. The molecule has 148 valence electrons. The molecule has 0 rings (SSSR count). The zero-order valence-corrected chi connectivity index (χ0v) is 17.8. The number of halogens is 1. The number of likely N-dealkylation sites (N-methyl/N-ethyl adjacent to an activating group) is 1. The number of aliphatic hydroxyl groups is 1. The second-order valence-corrected chi connectivity index (χ2v) is 7.76. The van der Waals surface area contributed by atoms with E-state index < -0.39 is 0 Å². The van der Waals surface area contributed by atoms with Crippen molar-refractivity contribution in [2.75, 3.05) is 33.3 Å². The molecular weight excluding hydrogens is 318 g/mol. The van der Waals surface area contributed by atoms with Crippen LogP contribution in [0.15, 0.2) is 0 Å². The van der Waals surface area contributed by atoms with E-state index in [0.29, 0.717) is 6.61 Å². The lowest BCUT2D eigenvalue weighted by Crippen LogP contribution is -3.00. The van der Waals surface area contributed by atoms with Crippen molar-refractivity contribution in [3.8, 4) is 0 Å². The van der Waals surface area contributed by atoms with E-state index in [4.69, 9.17) is 0 Å². The first-order valence-corrected chi connectivity index (χ1v) is 10.6. The second kappa shape index (κ2) is 19.5. The maximum atomic E-state index is 9.39. The van der Waals surface area contributed by atoms with Crippen molar-refractivity contribution in [1.29, 1.82) is 0 Å². The molecule has 2 nitrogen and oxygen atoms in total. The van der Waals surface area contributed by atoms with Gasteiger partial charge in [-0.25, -0.2) is 0 Å². The third-order valence-corrected chi connectivity index (χ3v) is 5.24. The van der Waals surface area contributed by atoms with Gasteiger partial charge in [0, 0.05) is 0 Å². The van der Waals surface area contributed by atoms with Crippen LogP contribution in [0.25, 0.3) is 0 Å². The summed E-state index contributed by atoms with van der Waals surface area (Å²) < 4.78 is 1.08. The van der Waals surface area contributed by atoms with Crippen LogP contribution in [0.1, 0.15) is 104 Å². The van der Waals surface area contributed by atoms with E-state index in [2.05, 4.69) is 20.9 Å². The number of quaternary nitrogens is 1. The topological polar surface area (TPSA) is 20.2 Å². The van der Waals surface area contributed by atoms with Gasteiger partial charge in [0.25, 0.3) is 0 Å². The predicted molar refractivity (Wildman–Crippen MR) is 104 cm³/mol. The van der Waals surface area contributed by atoms with E-state index in [0.717, 1.165) is 11.0 Å². The molecule has 0 aliphatic carbocycles. The summed E-state index contributed by atoms with van der Waals surface area (Å²) in [7, 11) is 2.35. The summed E-state index contributed by atoms with van der Waals surface area (Å²) in [4.78, 5) is 0. The maximum Gasteiger partial charge on any atom is 0.102 e. The van der Waals surface area contributed by atoms with E-state index in [1.54, 1.807) is 0 Å². The summed E-state index contributed by atoms with van der Waals surface area (Å²) in [6.07, 6.45) is 19.3. The van der Waals surface area contributed by atoms with Gasteiger partial charge >= 0.3 is 0 Å². The Bertz CT molecular complexity index is 218. The molecule has 0 aliphatic rings. The fraction of sp³-hybridized carbons (Fsp3) is 1.00. The number of rotatable bonds is 18.